The predicted octanol–water partition coefficient (Wildman–Crippen LogP) is -0.404. The molecule has 0 spiro atoms. The molecule has 1 heterocycles. The van der Waals surface area contributed by atoms with Gasteiger partial charge in [-0.2, -0.15) is 0 Å². The van der Waals surface area contributed by atoms with E-state index in [4.69, 9.17) is 9.63 Å². The van der Waals surface area contributed by atoms with Crippen molar-refractivity contribution < 1.29 is 19.2 Å². The molecular formula is C8H11N3O4. The third-order valence-corrected chi connectivity index (χ3v) is 1.45. The average molecular weight is 213 g/mol. The van der Waals surface area contributed by atoms with Gasteiger partial charge in [0.15, 0.2) is 0 Å². The molecular weight excluding hydrogens is 202 g/mol. The number of nitrogens with zero attached hydrogens (tertiary/aromatic N) is 1. The molecule has 7 heteroatoms. The fourth-order valence-corrected chi connectivity index (χ4v) is 0.887. The molecule has 1 rings (SSSR count). The molecule has 0 saturated carbocycles. The van der Waals surface area contributed by atoms with Gasteiger partial charge in [-0.05, 0) is 6.92 Å². The Morgan fingerprint density at radius 3 is 2.80 bits per heavy atom. The van der Waals surface area contributed by atoms with E-state index in [2.05, 4.69) is 15.8 Å². The summed E-state index contributed by atoms with van der Waals surface area (Å²) in [6.07, 6.45) is 0. The van der Waals surface area contributed by atoms with Crippen LogP contribution in [0.5, 0.6) is 0 Å². The second-order valence-corrected chi connectivity index (χ2v) is 2.88. The normalized spacial score (nSPS) is 9.93. The second-order valence-electron chi connectivity index (χ2n) is 2.88. The lowest BCUT2D eigenvalue weighted by molar-refractivity contribution is -0.135. The van der Waals surface area contributed by atoms with Gasteiger partial charge in [-0.1, -0.05) is 5.16 Å². The smallest absolute Gasteiger partial charge is 0.317 e. The summed E-state index contributed by atoms with van der Waals surface area (Å²) in [5, 5.41) is 16.7. The van der Waals surface area contributed by atoms with E-state index >= 15 is 0 Å². The first-order valence-corrected chi connectivity index (χ1v) is 4.23. The molecule has 0 aliphatic rings. The number of hydrogen-bond acceptors (Lipinski definition) is 5. The summed E-state index contributed by atoms with van der Waals surface area (Å²) >= 11 is 0. The predicted molar refractivity (Wildman–Crippen MR) is 50.4 cm³/mol. The van der Waals surface area contributed by atoms with Crippen molar-refractivity contribution in [1.82, 2.24) is 10.5 Å². The minimum Gasteiger partial charge on any atom is -0.480 e. The number of aryl methyl sites for hydroxylation is 1. The molecule has 1 amide bonds. The van der Waals surface area contributed by atoms with Crippen molar-refractivity contribution in [2.75, 3.05) is 18.4 Å². The number of anilines is 1. The Labute approximate surface area is 85.4 Å². The van der Waals surface area contributed by atoms with Crippen LogP contribution in [0.2, 0.25) is 0 Å². The summed E-state index contributed by atoms with van der Waals surface area (Å²) in [7, 11) is 0. The monoisotopic (exact) mass is 213 g/mol. The Hall–Kier alpha value is -1.89. The van der Waals surface area contributed by atoms with Crippen molar-refractivity contribution in [1.29, 1.82) is 0 Å². The van der Waals surface area contributed by atoms with Crippen molar-refractivity contribution >= 4 is 17.8 Å². The van der Waals surface area contributed by atoms with Crippen molar-refractivity contribution in [3.63, 3.8) is 0 Å². The first kappa shape index (κ1) is 11.2. The van der Waals surface area contributed by atoms with Crippen molar-refractivity contribution in [3.05, 3.63) is 11.8 Å². The third-order valence-electron chi connectivity index (χ3n) is 1.45. The minimum absolute atomic E-state index is 0.0912. The standard InChI is InChI=1S/C8H11N3O4/c1-5-2-7(15-11-5)10-6(12)3-9-4-8(13)14/h2,9H,3-4H2,1H3,(H,10,12)(H,13,14). The largest absolute Gasteiger partial charge is 0.480 e. The van der Waals surface area contributed by atoms with Crippen molar-refractivity contribution in [2.24, 2.45) is 0 Å². The van der Waals surface area contributed by atoms with Gasteiger partial charge >= 0.3 is 5.97 Å². The molecule has 0 aliphatic heterocycles. The maximum Gasteiger partial charge on any atom is 0.317 e. The van der Waals surface area contributed by atoms with Gasteiger partial charge in [0.1, 0.15) is 0 Å². The van der Waals surface area contributed by atoms with Crippen LogP contribution < -0.4 is 10.6 Å². The van der Waals surface area contributed by atoms with Crippen LogP contribution in [0.15, 0.2) is 10.6 Å². The van der Waals surface area contributed by atoms with Crippen LogP contribution in [0.25, 0.3) is 0 Å². The van der Waals surface area contributed by atoms with Crippen LogP contribution in [-0.2, 0) is 9.59 Å². The Kier molecular flexibility index (Phi) is 3.81. The molecule has 82 valence electrons. The van der Waals surface area contributed by atoms with Crippen LogP contribution >= 0.6 is 0 Å². The number of carbonyl (C=O) groups excluding carboxylic acids is 1. The summed E-state index contributed by atoms with van der Waals surface area (Å²) in [6, 6.07) is 1.56. The summed E-state index contributed by atoms with van der Waals surface area (Å²) in [5.41, 5.74) is 0.656. The highest BCUT2D eigenvalue weighted by atomic mass is 16.5. The molecule has 0 aromatic carbocycles. The molecule has 1 aromatic heterocycles. The molecule has 0 radical (unpaired) electrons. The van der Waals surface area contributed by atoms with Gasteiger partial charge in [-0.15, -0.1) is 0 Å². The molecule has 0 bridgehead atoms. The van der Waals surface area contributed by atoms with E-state index in [0.29, 0.717) is 5.69 Å². The highest BCUT2D eigenvalue weighted by Crippen LogP contribution is 2.07. The zero-order chi connectivity index (χ0) is 11.3. The van der Waals surface area contributed by atoms with Crippen molar-refractivity contribution in [2.45, 2.75) is 6.92 Å². The maximum absolute atomic E-state index is 11.1. The lowest BCUT2D eigenvalue weighted by Crippen LogP contribution is -2.31. The first-order valence-electron chi connectivity index (χ1n) is 4.23. The van der Waals surface area contributed by atoms with E-state index in [1.54, 1.807) is 13.0 Å². The second kappa shape index (κ2) is 5.11. The number of aliphatic carboxylic acids is 1. The van der Waals surface area contributed by atoms with Gasteiger partial charge in [-0.25, -0.2) is 0 Å². The Bertz CT molecular complexity index is 361. The minimum atomic E-state index is -1.02. The summed E-state index contributed by atoms with van der Waals surface area (Å²) < 4.78 is 4.74. The molecule has 0 fully saturated rings. The van der Waals surface area contributed by atoms with E-state index in [1.165, 1.54) is 0 Å². The number of carboxylic acid groups (broad SMARTS) is 1. The summed E-state index contributed by atoms with van der Waals surface area (Å²) in [5.74, 6) is -1.15. The van der Waals surface area contributed by atoms with E-state index in [0.717, 1.165) is 0 Å². The van der Waals surface area contributed by atoms with Gasteiger partial charge in [0.2, 0.25) is 11.8 Å². The maximum atomic E-state index is 11.1. The van der Waals surface area contributed by atoms with E-state index < -0.39 is 5.97 Å². The number of rotatable bonds is 5. The first-order chi connectivity index (χ1) is 7.08. The number of amides is 1. The third kappa shape index (κ3) is 4.23. The molecule has 0 saturated heterocycles. The van der Waals surface area contributed by atoms with Gasteiger partial charge in [0.05, 0.1) is 18.8 Å². The Morgan fingerprint density at radius 2 is 2.27 bits per heavy atom. The van der Waals surface area contributed by atoms with Crippen molar-refractivity contribution in [3.8, 4) is 0 Å². The molecule has 3 N–H and O–H groups in total. The van der Waals surface area contributed by atoms with E-state index in [1.807, 2.05) is 0 Å². The lowest BCUT2D eigenvalue weighted by atomic mass is 10.4. The molecule has 7 nitrogen and oxygen atoms in total. The topological polar surface area (TPSA) is 104 Å². The number of hydrogen-bond donors (Lipinski definition) is 3. The number of nitrogens with one attached hydrogen (secondary N) is 2. The van der Waals surface area contributed by atoms with Gasteiger partial charge in [-0.3, -0.25) is 20.2 Å². The van der Waals surface area contributed by atoms with E-state index in [9.17, 15) is 9.59 Å². The Morgan fingerprint density at radius 1 is 1.53 bits per heavy atom. The fourth-order valence-electron chi connectivity index (χ4n) is 0.887. The van der Waals surface area contributed by atoms with Crippen LogP contribution in [0.1, 0.15) is 5.69 Å². The van der Waals surface area contributed by atoms with Gasteiger partial charge in [0, 0.05) is 6.07 Å². The number of carboxylic acids is 1. The number of carbonyl (C=O) groups is 2. The van der Waals surface area contributed by atoms with Crippen LogP contribution in [0, 0.1) is 6.92 Å². The molecule has 0 atom stereocenters. The number of aromatic nitrogens is 1. The zero-order valence-electron chi connectivity index (χ0n) is 8.11. The zero-order valence-corrected chi connectivity index (χ0v) is 8.11. The molecule has 15 heavy (non-hydrogen) atoms. The molecule has 1 aromatic rings. The van der Waals surface area contributed by atoms with Crippen LogP contribution in [0.4, 0.5) is 5.88 Å². The Balaban J connectivity index is 2.27. The molecule has 0 aliphatic carbocycles. The molecule has 0 unspecified atom stereocenters. The van der Waals surface area contributed by atoms with Gasteiger partial charge < -0.3 is 9.63 Å². The fraction of sp³-hybridized carbons (Fsp3) is 0.375. The van der Waals surface area contributed by atoms with E-state index in [-0.39, 0.29) is 24.9 Å². The summed E-state index contributed by atoms with van der Waals surface area (Å²) in [4.78, 5) is 21.3. The summed E-state index contributed by atoms with van der Waals surface area (Å²) in [6.45, 7) is 1.37. The van der Waals surface area contributed by atoms with Crippen LogP contribution in [0.3, 0.4) is 0 Å². The average Bonchev–Trinajstić information content (AvgIpc) is 2.50. The van der Waals surface area contributed by atoms with Gasteiger partial charge in [0.25, 0.3) is 0 Å². The highest BCUT2D eigenvalue weighted by Gasteiger charge is 2.06. The van der Waals surface area contributed by atoms with Crippen LogP contribution in [-0.4, -0.2) is 35.2 Å². The SMILES string of the molecule is Cc1cc(NC(=O)CNCC(=O)O)on1. The highest BCUT2D eigenvalue weighted by molar-refractivity contribution is 5.91. The lowest BCUT2D eigenvalue weighted by Gasteiger charge is -2.00. The quantitative estimate of drug-likeness (QED) is 0.614.